The van der Waals surface area contributed by atoms with Gasteiger partial charge in [-0.15, -0.1) is 0 Å². The van der Waals surface area contributed by atoms with Gasteiger partial charge in [-0.25, -0.2) is 9.66 Å². The lowest BCUT2D eigenvalue weighted by Crippen LogP contribution is -2.31. The van der Waals surface area contributed by atoms with Crippen LogP contribution in [0.1, 0.15) is 32.0 Å². The maximum absolute atomic E-state index is 12.1. The molecule has 0 radical (unpaired) electrons. The molecule has 0 atom stereocenters. The molecule has 0 saturated heterocycles. The second kappa shape index (κ2) is 5.40. The number of benzene rings is 1. The molecule has 1 aromatic carbocycles. The first-order valence-electron chi connectivity index (χ1n) is 6.09. The molecule has 5 heteroatoms. The van der Waals surface area contributed by atoms with Crippen molar-refractivity contribution in [1.29, 1.82) is 0 Å². The van der Waals surface area contributed by atoms with Crippen LogP contribution in [0.3, 0.4) is 0 Å². The zero-order valence-electron chi connectivity index (χ0n) is 10.3. The summed E-state index contributed by atoms with van der Waals surface area (Å²) in [5, 5.41) is 0.976. The molecule has 18 heavy (non-hydrogen) atoms. The molecule has 1 aromatic heterocycles. The number of rotatable bonds is 4. The Morgan fingerprint density at radius 3 is 2.89 bits per heavy atom. The Morgan fingerprint density at radius 2 is 2.17 bits per heavy atom. The van der Waals surface area contributed by atoms with Gasteiger partial charge < -0.3 is 5.84 Å². The van der Waals surface area contributed by atoms with Crippen LogP contribution >= 0.6 is 11.6 Å². The molecule has 1 heterocycles. The molecule has 0 fully saturated rings. The molecule has 2 N–H and O–H groups in total. The first-order chi connectivity index (χ1) is 8.63. The van der Waals surface area contributed by atoms with Crippen molar-refractivity contribution in [2.75, 3.05) is 5.84 Å². The van der Waals surface area contributed by atoms with Crippen molar-refractivity contribution in [3.05, 3.63) is 39.4 Å². The second-order valence-electron chi connectivity index (χ2n) is 4.32. The van der Waals surface area contributed by atoms with Gasteiger partial charge in [-0.2, -0.15) is 0 Å². The maximum Gasteiger partial charge on any atom is 0.279 e. The summed E-state index contributed by atoms with van der Waals surface area (Å²) in [7, 11) is 0. The van der Waals surface area contributed by atoms with Gasteiger partial charge in [-0.1, -0.05) is 31.4 Å². The van der Waals surface area contributed by atoms with E-state index >= 15 is 0 Å². The Morgan fingerprint density at radius 1 is 1.39 bits per heavy atom. The van der Waals surface area contributed by atoms with Crippen molar-refractivity contribution in [3.63, 3.8) is 0 Å². The van der Waals surface area contributed by atoms with E-state index < -0.39 is 0 Å². The number of unbranched alkanes of at least 4 members (excludes halogenated alkanes) is 2. The molecule has 0 aliphatic rings. The highest BCUT2D eigenvalue weighted by molar-refractivity contribution is 6.31. The Hall–Kier alpha value is -1.55. The SMILES string of the molecule is CCCCCc1nc2ccc(Cl)cc2c(=O)n1N. The van der Waals surface area contributed by atoms with Crippen LogP contribution < -0.4 is 11.4 Å². The zero-order valence-corrected chi connectivity index (χ0v) is 11.1. The number of halogens is 1. The summed E-state index contributed by atoms with van der Waals surface area (Å²) >= 11 is 5.87. The monoisotopic (exact) mass is 265 g/mol. The van der Waals surface area contributed by atoms with Gasteiger partial charge in [0.15, 0.2) is 0 Å². The molecular weight excluding hydrogens is 250 g/mol. The van der Waals surface area contributed by atoms with E-state index in [1.54, 1.807) is 18.2 Å². The van der Waals surface area contributed by atoms with Crippen LogP contribution in [0, 0.1) is 0 Å². The van der Waals surface area contributed by atoms with Crippen LogP contribution in [-0.2, 0) is 6.42 Å². The third-order valence-corrected chi connectivity index (χ3v) is 3.17. The molecule has 0 unspecified atom stereocenters. The van der Waals surface area contributed by atoms with Gasteiger partial charge in [0.1, 0.15) is 5.82 Å². The van der Waals surface area contributed by atoms with Crippen molar-refractivity contribution in [3.8, 4) is 0 Å². The van der Waals surface area contributed by atoms with E-state index in [0.717, 1.165) is 30.4 Å². The van der Waals surface area contributed by atoms with Gasteiger partial charge in [0, 0.05) is 11.4 Å². The fourth-order valence-electron chi connectivity index (χ4n) is 1.93. The highest BCUT2D eigenvalue weighted by Crippen LogP contribution is 2.15. The van der Waals surface area contributed by atoms with E-state index in [1.807, 2.05) is 0 Å². The Kier molecular flexibility index (Phi) is 3.87. The molecule has 0 aliphatic heterocycles. The fourth-order valence-corrected chi connectivity index (χ4v) is 2.10. The van der Waals surface area contributed by atoms with Crippen LogP contribution in [0.15, 0.2) is 23.0 Å². The summed E-state index contributed by atoms with van der Waals surface area (Å²) in [6, 6.07) is 5.08. The van der Waals surface area contributed by atoms with Crippen molar-refractivity contribution in [1.82, 2.24) is 9.66 Å². The van der Waals surface area contributed by atoms with Crippen LogP contribution in [0.5, 0.6) is 0 Å². The van der Waals surface area contributed by atoms with Gasteiger partial charge in [0.2, 0.25) is 0 Å². The molecule has 0 amide bonds. The average Bonchev–Trinajstić information content (AvgIpc) is 2.36. The summed E-state index contributed by atoms with van der Waals surface area (Å²) in [5.41, 5.74) is 0.409. The zero-order chi connectivity index (χ0) is 13.1. The molecule has 2 aromatic rings. The predicted molar refractivity (Wildman–Crippen MR) is 74.4 cm³/mol. The van der Waals surface area contributed by atoms with Gasteiger partial charge in [0.25, 0.3) is 5.56 Å². The summed E-state index contributed by atoms with van der Waals surface area (Å²) in [6.07, 6.45) is 3.93. The van der Waals surface area contributed by atoms with Crippen LogP contribution in [0.4, 0.5) is 0 Å². The van der Waals surface area contributed by atoms with E-state index in [0.29, 0.717) is 21.7 Å². The van der Waals surface area contributed by atoms with Gasteiger partial charge in [-0.3, -0.25) is 4.79 Å². The van der Waals surface area contributed by atoms with Gasteiger partial charge in [-0.05, 0) is 24.6 Å². The van der Waals surface area contributed by atoms with Crippen molar-refractivity contribution >= 4 is 22.5 Å². The third-order valence-electron chi connectivity index (χ3n) is 2.94. The number of hydrogen-bond donors (Lipinski definition) is 1. The quantitative estimate of drug-likeness (QED) is 0.682. The molecule has 96 valence electrons. The molecule has 0 saturated carbocycles. The lowest BCUT2D eigenvalue weighted by Gasteiger charge is -2.08. The fraction of sp³-hybridized carbons (Fsp3) is 0.385. The van der Waals surface area contributed by atoms with E-state index in [9.17, 15) is 4.79 Å². The molecular formula is C13H16ClN3O. The van der Waals surface area contributed by atoms with E-state index in [2.05, 4.69) is 11.9 Å². The minimum absolute atomic E-state index is 0.242. The lowest BCUT2D eigenvalue weighted by molar-refractivity contribution is 0.668. The first-order valence-corrected chi connectivity index (χ1v) is 6.47. The highest BCUT2D eigenvalue weighted by Gasteiger charge is 2.08. The number of nitrogens with two attached hydrogens (primary N) is 1. The molecule has 4 nitrogen and oxygen atoms in total. The van der Waals surface area contributed by atoms with Crippen LogP contribution in [0.2, 0.25) is 5.02 Å². The number of nitrogen functional groups attached to an aromatic ring is 1. The largest absolute Gasteiger partial charge is 0.335 e. The Labute approximate surface area is 110 Å². The normalized spacial score (nSPS) is 11.0. The predicted octanol–water partition coefficient (Wildman–Crippen LogP) is 2.50. The summed E-state index contributed by atoms with van der Waals surface area (Å²) in [4.78, 5) is 16.5. The highest BCUT2D eigenvalue weighted by atomic mass is 35.5. The summed E-state index contributed by atoms with van der Waals surface area (Å²) < 4.78 is 1.13. The second-order valence-corrected chi connectivity index (χ2v) is 4.76. The topological polar surface area (TPSA) is 60.9 Å². The van der Waals surface area contributed by atoms with Crippen LogP contribution in [-0.4, -0.2) is 9.66 Å². The molecule has 0 bridgehead atoms. The summed E-state index contributed by atoms with van der Waals surface area (Å²) in [5.74, 6) is 6.41. The van der Waals surface area contributed by atoms with E-state index in [1.165, 1.54) is 0 Å². The third kappa shape index (κ3) is 2.48. The molecule has 2 rings (SSSR count). The van der Waals surface area contributed by atoms with E-state index in [-0.39, 0.29) is 5.56 Å². The number of fused-ring (bicyclic) bond motifs is 1. The van der Waals surface area contributed by atoms with Crippen molar-refractivity contribution in [2.24, 2.45) is 0 Å². The Bertz CT molecular complexity index is 621. The van der Waals surface area contributed by atoms with Crippen molar-refractivity contribution < 1.29 is 0 Å². The number of nitrogens with zero attached hydrogens (tertiary/aromatic N) is 2. The Balaban J connectivity index is 2.47. The maximum atomic E-state index is 12.1. The number of aryl methyl sites for hydroxylation is 1. The van der Waals surface area contributed by atoms with Gasteiger partial charge in [0.05, 0.1) is 10.9 Å². The minimum Gasteiger partial charge on any atom is -0.335 e. The lowest BCUT2D eigenvalue weighted by atomic mass is 10.2. The van der Waals surface area contributed by atoms with E-state index in [4.69, 9.17) is 17.4 Å². The number of aromatic nitrogens is 2. The number of hydrogen-bond acceptors (Lipinski definition) is 3. The first kappa shape index (κ1) is 12.9. The standard InChI is InChI=1S/C13H16ClN3O/c1-2-3-4-5-12-16-11-7-6-9(14)8-10(11)13(18)17(12)15/h6-8H,2-5,15H2,1H3. The molecule has 0 aliphatic carbocycles. The smallest absolute Gasteiger partial charge is 0.279 e. The molecule has 0 spiro atoms. The van der Waals surface area contributed by atoms with Crippen LogP contribution in [0.25, 0.3) is 10.9 Å². The van der Waals surface area contributed by atoms with Crippen molar-refractivity contribution in [2.45, 2.75) is 32.6 Å². The minimum atomic E-state index is -0.242. The summed E-state index contributed by atoms with van der Waals surface area (Å²) in [6.45, 7) is 2.13. The van der Waals surface area contributed by atoms with Gasteiger partial charge >= 0.3 is 0 Å². The average molecular weight is 266 g/mol.